The summed E-state index contributed by atoms with van der Waals surface area (Å²) in [7, 11) is 0. The SMILES string of the molecule is CCCCCCOc1cccc(C(=O)O)n1.[Zn]. The fourth-order valence-corrected chi connectivity index (χ4v) is 1.32. The molecule has 0 spiro atoms. The third-order valence-corrected chi connectivity index (χ3v) is 2.19. The van der Waals surface area contributed by atoms with E-state index in [0.717, 1.165) is 12.8 Å². The normalized spacial score (nSPS) is 9.47. The molecule has 0 amide bonds. The Morgan fingerprint density at radius 1 is 1.35 bits per heavy atom. The van der Waals surface area contributed by atoms with E-state index >= 15 is 0 Å². The number of aromatic carboxylic acids is 1. The van der Waals surface area contributed by atoms with Gasteiger partial charge in [-0.25, -0.2) is 9.78 Å². The number of pyridine rings is 1. The maximum atomic E-state index is 10.7. The zero-order valence-electron chi connectivity index (χ0n) is 10.2. The van der Waals surface area contributed by atoms with E-state index in [4.69, 9.17) is 9.84 Å². The topological polar surface area (TPSA) is 59.4 Å². The van der Waals surface area contributed by atoms with E-state index in [1.165, 1.54) is 18.9 Å². The summed E-state index contributed by atoms with van der Waals surface area (Å²) in [6.07, 6.45) is 4.50. The molecule has 1 rings (SSSR count). The molecule has 1 aromatic heterocycles. The van der Waals surface area contributed by atoms with Crippen LogP contribution in [0.15, 0.2) is 18.2 Å². The molecule has 4 nitrogen and oxygen atoms in total. The van der Waals surface area contributed by atoms with Crippen LogP contribution in [0.1, 0.15) is 43.1 Å². The maximum absolute atomic E-state index is 10.7. The van der Waals surface area contributed by atoms with Crippen molar-refractivity contribution in [3.05, 3.63) is 23.9 Å². The molecule has 0 aliphatic carbocycles. The minimum absolute atomic E-state index is 0. The quantitative estimate of drug-likeness (QED) is 0.619. The molecule has 1 heterocycles. The Labute approximate surface area is 114 Å². The average Bonchev–Trinajstić information content (AvgIpc) is 2.29. The van der Waals surface area contributed by atoms with Crippen molar-refractivity contribution in [1.82, 2.24) is 4.98 Å². The first-order valence-electron chi connectivity index (χ1n) is 5.57. The minimum atomic E-state index is -1.03. The molecule has 0 unspecified atom stereocenters. The van der Waals surface area contributed by atoms with Crippen LogP contribution in [0.25, 0.3) is 0 Å². The van der Waals surface area contributed by atoms with Crippen LogP contribution < -0.4 is 4.74 Å². The summed E-state index contributed by atoms with van der Waals surface area (Å²) in [6, 6.07) is 4.76. The number of carboxylic acids is 1. The number of nitrogens with zero attached hydrogens (tertiary/aromatic N) is 1. The predicted octanol–water partition coefficient (Wildman–Crippen LogP) is 2.74. The van der Waals surface area contributed by atoms with Crippen LogP contribution in [0.5, 0.6) is 5.88 Å². The van der Waals surface area contributed by atoms with Gasteiger partial charge in [-0.3, -0.25) is 0 Å². The Morgan fingerprint density at radius 2 is 2.12 bits per heavy atom. The van der Waals surface area contributed by atoms with Gasteiger partial charge in [-0.05, 0) is 12.5 Å². The summed E-state index contributed by atoms with van der Waals surface area (Å²) < 4.78 is 5.37. The van der Waals surface area contributed by atoms with Gasteiger partial charge in [0.1, 0.15) is 0 Å². The number of unbranched alkanes of at least 4 members (excludes halogenated alkanes) is 3. The Morgan fingerprint density at radius 3 is 2.76 bits per heavy atom. The molecule has 0 atom stereocenters. The monoisotopic (exact) mass is 287 g/mol. The minimum Gasteiger partial charge on any atom is -0.478 e. The van der Waals surface area contributed by atoms with Gasteiger partial charge < -0.3 is 9.84 Å². The predicted molar refractivity (Wildman–Crippen MR) is 60.8 cm³/mol. The van der Waals surface area contributed by atoms with Crippen LogP contribution in [0, 0.1) is 0 Å². The van der Waals surface area contributed by atoms with Crippen molar-refractivity contribution in [1.29, 1.82) is 0 Å². The van der Waals surface area contributed by atoms with E-state index in [-0.39, 0.29) is 25.2 Å². The van der Waals surface area contributed by atoms with Gasteiger partial charge in [0.15, 0.2) is 5.69 Å². The molecule has 1 N–H and O–H groups in total. The van der Waals surface area contributed by atoms with E-state index in [1.807, 2.05) is 0 Å². The second kappa shape index (κ2) is 9.11. The number of carbonyl (C=O) groups is 1. The van der Waals surface area contributed by atoms with Crippen molar-refractivity contribution in [2.24, 2.45) is 0 Å². The molecule has 90 valence electrons. The Balaban J connectivity index is 0.00000256. The summed E-state index contributed by atoms with van der Waals surface area (Å²) >= 11 is 0. The Bertz CT molecular complexity index is 344. The number of carboxylic acid groups (broad SMARTS) is 1. The maximum Gasteiger partial charge on any atom is 0.354 e. The molecule has 0 saturated carbocycles. The van der Waals surface area contributed by atoms with Crippen molar-refractivity contribution >= 4 is 5.97 Å². The van der Waals surface area contributed by atoms with E-state index in [0.29, 0.717) is 12.5 Å². The van der Waals surface area contributed by atoms with Crippen LogP contribution in [0.3, 0.4) is 0 Å². The molecule has 5 heteroatoms. The summed E-state index contributed by atoms with van der Waals surface area (Å²) in [5.74, 6) is -0.646. The molecule has 0 aliphatic rings. The molecule has 0 radical (unpaired) electrons. The van der Waals surface area contributed by atoms with Crippen molar-refractivity contribution < 1.29 is 34.1 Å². The van der Waals surface area contributed by atoms with Gasteiger partial charge in [0.05, 0.1) is 6.61 Å². The third kappa shape index (κ3) is 6.37. The largest absolute Gasteiger partial charge is 0.478 e. The van der Waals surface area contributed by atoms with Crippen LogP contribution in [0.4, 0.5) is 0 Å². The van der Waals surface area contributed by atoms with Gasteiger partial charge in [0.25, 0.3) is 0 Å². The summed E-state index contributed by atoms with van der Waals surface area (Å²) in [6.45, 7) is 2.74. The molecule has 1 aromatic rings. The second-order valence-corrected chi connectivity index (χ2v) is 3.58. The number of rotatable bonds is 7. The van der Waals surface area contributed by atoms with Gasteiger partial charge in [0.2, 0.25) is 5.88 Å². The number of hydrogen-bond donors (Lipinski definition) is 1. The van der Waals surface area contributed by atoms with Gasteiger partial charge in [-0.15, -0.1) is 0 Å². The van der Waals surface area contributed by atoms with Crippen LogP contribution >= 0.6 is 0 Å². The fourth-order valence-electron chi connectivity index (χ4n) is 1.32. The molecule has 0 fully saturated rings. The van der Waals surface area contributed by atoms with Gasteiger partial charge in [-0.1, -0.05) is 32.3 Å². The smallest absolute Gasteiger partial charge is 0.354 e. The molecule has 0 aromatic carbocycles. The van der Waals surface area contributed by atoms with E-state index in [9.17, 15) is 4.79 Å². The molecule has 0 bridgehead atoms. The van der Waals surface area contributed by atoms with Crippen molar-refractivity contribution in [3.8, 4) is 5.88 Å². The van der Waals surface area contributed by atoms with Crippen molar-refractivity contribution in [2.75, 3.05) is 6.61 Å². The number of ether oxygens (including phenoxy) is 1. The van der Waals surface area contributed by atoms with Crippen LogP contribution in [-0.4, -0.2) is 22.7 Å². The summed E-state index contributed by atoms with van der Waals surface area (Å²) in [4.78, 5) is 14.5. The first kappa shape index (κ1) is 16.0. The van der Waals surface area contributed by atoms with Crippen LogP contribution in [-0.2, 0) is 19.5 Å². The molecular weight excluding hydrogens is 272 g/mol. The zero-order chi connectivity index (χ0) is 11.8. The summed E-state index contributed by atoms with van der Waals surface area (Å²) in [5.41, 5.74) is 0.0195. The van der Waals surface area contributed by atoms with Gasteiger partial charge >= 0.3 is 5.97 Å². The average molecular weight is 289 g/mol. The Kier molecular flexibility index (Phi) is 8.60. The first-order chi connectivity index (χ1) is 7.74. The third-order valence-electron chi connectivity index (χ3n) is 2.19. The van der Waals surface area contributed by atoms with E-state index in [1.54, 1.807) is 12.1 Å². The fraction of sp³-hybridized carbons (Fsp3) is 0.500. The second-order valence-electron chi connectivity index (χ2n) is 3.58. The molecule has 17 heavy (non-hydrogen) atoms. The standard InChI is InChI=1S/C12H17NO3.Zn/c1-2-3-4-5-9-16-11-8-6-7-10(13-11)12(14)15;/h6-8H,2-5,9H2,1H3,(H,14,15);. The molecule has 0 aliphatic heterocycles. The van der Waals surface area contributed by atoms with Crippen LogP contribution in [0.2, 0.25) is 0 Å². The summed E-state index contributed by atoms with van der Waals surface area (Å²) in [5, 5.41) is 8.73. The molecular formula is C12H17NO3Zn. The van der Waals surface area contributed by atoms with E-state index in [2.05, 4.69) is 11.9 Å². The van der Waals surface area contributed by atoms with Gasteiger partial charge in [0, 0.05) is 25.5 Å². The molecule has 0 saturated heterocycles. The van der Waals surface area contributed by atoms with E-state index < -0.39 is 5.97 Å². The first-order valence-corrected chi connectivity index (χ1v) is 5.57. The number of hydrogen-bond acceptors (Lipinski definition) is 3. The van der Waals surface area contributed by atoms with Gasteiger partial charge in [-0.2, -0.15) is 0 Å². The van der Waals surface area contributed by atoms with Crippen molar-refractivity contribution in [3.63, 3.8) is 0 Å². The van der Waals surface area contributed by atoms with Crippen molar-refractivity contribution in [2.45, 2.75) is 32.6 Å². The Hall–Kier alpha value is -0.957. The number of aromatic nitrogens is 1. The zero-order valence-corrected chi connectivity index (χ0v) is 13.2.